The molecule has 2 fully saturated rings. The summed E-state index contributed by atoms with van der Waals surface area (Å²) in [4.78, 5) is 29.9. The van der Waals surface area contributed by atoms with Crippen LogP contribution in [-0.4, -0.2) is 67.0 Å². The van der Waals surface area contributed by atoms with Crippen LogP contribution in [0.4, 0.5) is 16.2 Å². The number of nitrogens with one attached hydrogen (secondary N) is 3. The minimum Gasteiger partial charge on any atom is -0.335 e. The predicted octanol–water partition coefficient (Wildman–Crippen LogP) is 3.62. The van der Waals surface area contributed by atoms with Crippen LogP contribution in [0.5, 0.6) is 0 Å². The quantitative estimate of drug-likeness (QED) is 0.671. The molecule has 7 heteroatoms. The van der Waals surface area contributed by atoms with Crippen molar-refractivity contribution in [1.82, 2.24) is 15.1 Å². The van der Waals surface area contributed by atoms with Crippen LogP contribution in [0.15, 0.2) is 54.6 Å². The summed E-state index contributed by atoms with van der Waals surface area (Å²) in [5.41, 5.74) is 1.88. The highest BCUT2D eigenvalue weighted by Crippen LogP contribution is 2.21. The summed E-state index contributed by atoms with van der Waals surface area (Å²) in [6, 6.07) is 17.0. The number of anilines is 2. The van der Waals surface area contributed by atoms with Crippen LogP contribution in [0.25, 0.3) is 0 Å². The maximum Gasteiger partial charge on any atom is 0.319 e. The van der Waals surface area contributed by atoms with E-state index in [2.05, 4.69) is 32.8 Å². The van der Waals surface area contributed by atoms with E-state index in [0.717, 1.165) is 25.9 Å². The van der Waals surface area contributed by atoms with Gasteiger partial charge in [0.15, 0.2) is 0 Å². The smallest absolute Gasteiger partial charge is 0.319 e. The number of nitrogens with zero attached hydrogens (tertiary/aromatic N) is 2. The fourth-order valence-corrected chi connectivity index (χ4v) is 4.59. The first-order chi connectivity index (χ1) is 15.6. The molecule has 0 aliphatic carbocycles. The topological polar surface area (TPSA) is 76.7 Å². The Morgan fingerprint density at radius 1 is 0.812 bits per heavy atom. The molecule has 0 aromatic heterocycles. The van der Waals surface area contributed by atoms with Crippen LogP contribution in [0.2, 0.25) is 0 Å². The second-order valence-electron chi connectivity index (χ2n) is 8.84. The van der Waals surface area contributed by atoms with E-state index in [0.29, 0.717) is 23.0 Å². The molecule has 2 aliphatic heterocycles. The zero-order chi connectivity index (χ0) is 22.3. The second kappa shape index (κ2) is 10.6. The minimum absolute atomic E-state index is 0.177. The normalized spacial score (nSPS) is 18.8. The van der Waals surface area contributed by atoms with Gasteiger partial charge in [0, 0.05) is 42.1 Å². The van der Waals surface area contributed by atoms with Gasteiger partial charge in [0.05, 0.1) is 0 Å². The summed E-state index contributed by atoms with van der Waals surface area (Å²) in [7, 11) is 2.19. The molecule has 3 amide bonds. The predicted molar refractivity (Wildman–Crippen MR) is 128 cm³/mol. The molecule has 0 bridgehead atoms. The fourth-order valence-electron chi connectivity index (χ4n) is 4.59. The van der Waals surface area contributed by atoms with Crippen molar-refractivity contribution in [3.8, 4) is 0 Å². The molecule has 0 saturated carbocycles. The molecule has 4 rings (SSSR count). The van der Waals surface area contributed by atoms with E-state index in [1.165, 1.54) is 25.9 Å². The summed E-state index contributed by atoms with van der Waals surface area (Å²) < 4.78 is 0. The van der Waals surface area contributed by atoms with Crippen LogP contribution in [0.1, 0.15) is 36.0 Å². The van der Waals surface area contributed by atoms with Gasteiger partial charge in [-0.2, -0.15) is 0 Å². The zero-order valence-electron chi connectivity index (χ0n) is 18.7. The Hall–Kier alpha value is -2.90. The van der Waals surface area contributed by atoms with Crippen molar-refractivity contribution in [3.05, 3.63) is 60.2 Å². The summed E-state index contributed by atoms with van der Waals surface area (Å²) in [6.07, 6.45) is 4.44. The van der Waals surface area contributed by atoms with Gasteiger partial charge in [0.25, 0.3) is 5.91 Å². The number of hydrogen-bond donors (Lipinski definition) is 3. The number of carbonyl (C=O) groups excluding carboxylic acids is 2. The van der Waals surface area contributed by atoms with E-state index in [9.17, 15) is 9.59 Å². The van der Waals surface area contributed by atoms with Gasteiger partial charge in [-0.25, -0.2) is 4.79 Å². The van der Waals surface area contributed by atoms with Crippen LogP contribution in [0.3, 0.4) is 0 Å². The van der Waals surface area contributed by atoms with Gasteiger partial charge in [-0.05, 0) is 76.2 Å². The lowest BCUT2D eigenvalue weighted by Crippen LogP contribution is -2.51. The van der Waals surface area contributed by atoms with E-state index >= 15 is 0 Å². The third-order valence-corrected chi connectivity index (χ3v) is 6.48. The highest BCUT2D eigenvalue weighted by Gasteiger charge is 2.27. The third-order valence-electron chi connectivity index (χ3n) is 6.48. The van der Waals surface area contributed by atoms with E-state index in [-0.39, 0.29) is 18.0 Å². The molecule has 32 heavy (non-hydrogen) atoms. The largest absolute Gasteiger partial charge is 0.335 e. The van der Waals surface area contributed by atoms with Crippen molar-refractivity contribution in [2.75, 3.05) is 43.9 Å². The standard InChI is InChI=1S/C25H33N5O2/c1-29-14-12-23(13-15-29)30-16-10-20(11-17-30)27-25(32)28-22-9-5-8-21(18-22)26-24(31)19-6-3-2-4-7-19/h2-9,18,20,23H,10-17H2,1H3,(H,26,31)(H2,27,28,32). The minimum atomic E-state index is -0.200. The summed E-state index contributed by atoms with van der Waals surface area (Å²) in [5, 5.41) is 8.89. The Morgan fingerprint density at radius 2 is 1.47 bits per heavy atom. The van der Waals surface area contributed by atoms with Crippen molar-refractivity contribution in [2.45, 2.75) is 37.8 Å². The molecular formula is C25H33N5O2. The maximum absolute atomic E-state index is 12.5. The first kappa shape index (κ1) is 22.3. The van der Waals surface area contributed by atoms with Gasteiger partial charge < -0.3 is 25.8 Å². The molecule has 170 valence electrons. The average Bonchev–Trinajstić information content (AvgIpc) is 2.81. The van der Waals surface area contributed by atoms with E-state index in [1.54, 1.807) is 18.2 Å². The third kappa shape index (κ3) is 6.08. The lowest BCUT2D eigenvalue weighted by atomic mass is 9.98. The van der Waals surface area contributed by atoms with Crippen molar-refractivity contribution >= 4 is 23.3 Å². The summed E-state index contributed by atoms with van der Waals surface area (Å²) >= 11 is 0. The first-order valence-corrected chi connectivity index (χ1v) is 11.5. The Bertz CT molecular complexity index is 904. The van der Waals surface area contributed by atoms with Gasteiger partial charge in [0.2, 0.25) is 0 Å². The molecule has 0 atom stereocenters. The number of rotatable bonds is 5. The second-order valence-corrected chi connectivity index (χ2v) is 8.84. The number of urea groups is 1. The van der Waals surface area contributed by atoms with Crippen LogP contribution < -0.4 is 16.0 Å². The molecule has 0 unspecified atom stereocenters. The Balaban J connectivity index is 1.23. The van der Waals surface area contributed by atoms with Crippen LogP contribution in [0, 0.1) is 0 Å². The summed E-state index contributed by atoms with van der Waals surface area (Å²) in [5.74, 6) is -0.177. The number of benzene rings is 2. The summed E-state index contributed by atoms with van der Waals surface area (Å²) in [6.45, 7) is 4.44. The lowest BCUT2D eigenvalue weighted by Gasteiger charge is -2.41. The average molecular weight is 436 g/mol. The number of likely N-dealkylation sites (tertiary alicyclic amines) is 2. The van der Waals surface area contributed by atoms with Crippen LogP contribution in [-0.2, 0) is 0 Å². The number of amides is 3. The van der Waals surface area contributed by atoms with Gasteiger partial charge >= 0.3 is 6.03 Å². The molecule has 7 nitrogen and oxygen atoms in total. The molecule has 2 aromatic carbocycles. The van der Waals surface area contributed by atoms with Gasteiger partial charge in [0.1, 0.15) is 0 Å². The molecule has 0 spiro atoms. The maximum atomic E-state index is 12.5. The van der Waals surface area contributed by atoms with E-state index in [1.807, 2.05) is 36.4 Å². The highest BCUT2D eigenvalue weighted by atomic mass is 16.2. The van der Waals surface area contributed by atoms with Gasteiger partial charge in [-0.15, -0.1) is 0 Å². The number of hydrogen-bond acceptors (Lipinski definition) is 4. The van der Waals surface area contributed by atoms with E-state index in [4.69, 9.17) is 0 Å². The SMILES string of the molecule is CN1CCC(N2CCC(NC(=O)Nc3cccc(NC(=O)c4ccccc4)c3)CC2)CC1. The van der Waals surface area contributed by atoms with Gasteiger partial charge in [-0.1, -0.05) is 24.3 Å². The fraction of sp³-hybridized carbons (Fsp3) is 0.440. The molecule has 2 heterocycles. The molecule has 2 saturated heterocycles. The van der Waals surface area contributed by atoms with Crippen molar-refractivity contribution < 1.29 is 9.59 Å². The number of carbonyl (C=O) groups is 2. The van der Waals surface area contributed by atoms with Crippen LogP contribution >= 0.6 is 0 Å². The number of piperidine rings is 2. The molecule has 3 N–H and O–H groups in total. The monoisotopic (exact) mass is 435 g/mol. The zero-order valence-corrected chi connectivity index (χ0v) is 18.7. The highest BCUT2D eigenvalue weighted by molar-refractivity contribution is 6.04. The Kier molecular flexibility index (Phi) is 7.39. The van der Waals surface area contributed by atoms with Crippen molar-refractivity contribution in [2.24, 2.45) is 0 Å². The first-order valence-electron chi connectivity index (χ1n) is 11.5. The van der Waals surface area contributed by atoms with E-state index < -0.39 is 0 Å². The lowest BCUT2D eigenvalue weighted by molar-refractivity contribution is 0.0938. The van der Waals surface area contributed by atoms with Gasteiger partial charge in [-0.3, -0.25) is 4.79 Å². The Labute approximate surface area is 190 Å². The Morgan fingerprint density at radius 3 is 2.16 bits per heavy atom. The molecule has 2 aromatic rings. The molecule has 0 radical (unpaired) electrons. The van der Waals surface area contributed by atoms with Crippen molar-refractivity contribution in [3.63, 3.8) is 0 Å². The molecule has 2 aliphatic rings. The molecular weight excluding hydrogens is 402 g/mol. The van der Waals surface area contributed by atoms with Crippen molar-refractivity contribution in [1.29, 1.82) is 0 Å².